The van der Waals surface area contributed by atoms with Crippen molar-refractivity contribution in [3.05, 3.63) is 83.6 Å². The Labute approximate surface area is 179 Å². The van der Waals surface area contributed by atoms with Crippen LogP contribution in [0.15, 0.2) is 76.5 Å². The molecule has 0 fully saturated rings. The minimum absolute atomic E-state index is 0.0569. The molecule has 0 spiro atoms. The minimum atomic E-state index is -0.0569. The fraction of sp³-hybridized carbons (Fsp3) is 0.174. The van der Waals surface area contributed by atoms with Gasteiger partial charge in [0.1, 0.15) is 0 Å². The van der Waals surface area contributed by atoms with Gasteiger partial charge in [-0.3, -0.25) is 9.36 Å². The van der Waals surface area contributed by atoms with Gasteiger partial charge in [0, 0.05) is 12.2 Å². The smallest absolute Gasteiger partial charge is 0.230 e. The van der Waals surface area contributed by atoms with Crippen LogP contribution in [0.25, 0.3) is 17.3 Å². The van der Waals surface area contributed by atoms with Crippen LogP contribution in [-0.4, -0.2) is 26.4 Å². The van der Waals surface area contributed by atoms with Crippen LogP contribution in [0.5, 0.6) is 0 Å². The lowest BCUT2D eigenvalue weighted by Gasteiger charge is -2.10. The molecule has 0 aliphatic carbocycles. The number of aryl methyl sites for hydroxylation is 2. The zero-order valence-corrected chi connectivity index (χ0v) is 17.6. The quantitative estimate of drug-likeness (QED) is 0.446. The number of thioether (sulfide) groups is 1. The summed E-state index contributed by atoms with van der Waals surface area (Å²) in [5.41, 5.74) is 4.35. The molecule has 0 atom stereocenters. The summed E-state index contributed by atoms with van der Waals surface area (Å²) < 4.78 is 7.44. The maximum Gasteiger partial charge on any atom is 0.230 e. The SMILES string of the molecule is Cc1ccc(CNC(=O)CSc2nnc(-c3ccco3)n2-c2ccc(C)cc2)cc1. The molecule has 1 N–H and O–H groups in total. The van der Waals surface area contributed by atoms with Gasteiger partial charge in [0.15, 0.2) is 10.9 Å². The van der Waals surface area contributed by atoms with Gasteiger partial charge in [0.25, 0.3) is 0 Å². The van der Waals surface area contributed by atoms with Crippen molar-refractivity contribution < 1.29 is 9.21 Å². The Balaban J connectivity index is 1.49. The molecule has 0 radical (unpaired) electrons. The summed E-state index contributed by atoms with van der Waals surface area (Å²) in [6.45, 7) is 4.58. The largest absolute Gasteiger partial charge is 0.461 e. The van der Waals surface area contributed by atoms with Crippen molar-refractivity contribution in [3.63, 3.8) is 0 Å². The van der Waals surface area contributed by atoms with E-state index in [4.69, 9.17) is 4.42 Å². The van der Waals surface area contributed by atoms with Crippen molar-refractivity contribution >= 4 is 17.7 Å². The molecule has 2 heterocycles. The first kappa shape index (κ1) is 20.0. The second-order valence-electron chi connectivity index (χ2n) is 7.01. The molecule has 0 aliphatic heterocycles. The summed E-state index contributed by atoms with van der Waals surface area (Å²) in [6.07, 6.45) is 1.61. The Morgan fingerprint density at radius 1 is 1.00 bits per heavy atom. The van der Waals surface area contributed by atoms with Crippen molar-refractivity contribution in [1.29, 1.82) is 0 Å². The van der Waals surface area contributed by atoms with Crippen molar-refractivity contribution in [2.75, 3.05) is 5.75 Å². The summed E-state index contributed by atoms with van der Waals surface area (Å²) >= 11 is 1.35. The molecule has 0 saturated carbocycles. The number of hydrogen-bond acceptors (Lipinski definition) is 5. The summed E-state index contributed by atoms with van der Waals surface area (Å²) in [5, 5.41) is 12.2. The Hall–Kier alpha value is -3.32. The number of aromatic nitrogens is 3. The third-order valence-corrected chi connectivity index (χ3v) is 5.54. The minimum Gasteiger partial charge on any atom is -0.461 e. The number of benzene rings is 2. The lowest BCUT2D eigenvalue weighted by atomic mass is 10.1. The van der Waals surface area contributed by atoms with Crippen molar-refractivity contribution in [2.45, 2.75) is 25.5 Å². The highest BCUT2D eigenvalue weighted by Gasteiger charge is 2.18. The van der Waals surface area contributed by atoms with E-state index in [0.29, 0.717) is 23.3 Å². The monoisotopic (exact) mass is 418 g/mol. The van der Waals surface area contributed by atoms with E-state index in [-0.39, 0.29) is 11.7 Å². The van der Waals surface area contributed by atoms with Gasteiger partial charge in [-0.1, -0.05) is 59.3 Å². The highest BCUT2D eigenvalue weighted by atomic mass is 32.2. The van der Waals surface area contributed by atoms with E-state index in [2.05, 4.69) is 15.5 Å². The molecule has 30 heavy (non-hydrogen) atoms. The number of nitrogens with one attached hydrogen (secondary N) is 1. The average molecular weight is 419 g/mol. The molecule has 6 nitrogen and oxygen atoms in total. The molecular formula is C23H22N4O2S. The topological polar surface area (TPSA) is 73.0 Å². The van der Waals surface area contributed by atoms with Gasteiger partial charge in [-0.25, -0.2) is 0 Å². The van der Waals surface area contributed by atoms with Crippen LogP contribution in [0.3, 0.4) is 0 Å². The zero-order valence-electron chi connectivity index (χ0n) is 16.8. The van der Waals surface area contributed by atoms with Gasteiger partial charge in [0.2, 0.25) is 11.7 Å². The van der Waals surface area contributed by atoms with E-state index in [1.54, 1.807) is 6.26 Å². The summed E-state index contributed by atoms with van der Waals surface area (Å²) in [4.78, 5) is 12.4. The summed E-state index contributed by atoms with van der Waals surface area (Å²) in [6, 6.07) is 19.9. The molecule has 2 aromatic carbocycles. The molecule has 1 amide bonds. The zero-order chi connectivity index (χ0) is 20.9. The van der Waals surface area contributed by atoms with Crippen molar-refractivity contribution in [1.82, 2.24) is 20.1 Å². The predicted octanol–water partition coefficient (Wildman–Crippen LogP) is 4.55. The molecule has 0 unspecified atom stereocenters. The van der Waals surface area contributed by atoms with E-state index < -0.39 is 0 Å². The Morgan fingerprint density at radius 3 is 2.37 bits per heavy atom. The first-order valence-electron chi connectivity index (χ1n) is 9.61. The standard InChI is InChI=1S/C23H22N4O2S/c1-16-5-9-18(10-6-16)14-24-21(28)15-30-23-26-25-22(20-4-3-13-29-20)27(23)19-11-7-17(2)8-12-19/h3-13H,14-15H2,1-2H3,(H,24,28). The van der Waals surface area contributed by atoms with E-state index in [9.17, 15) is 4.79 Å². The van der Waals surface area contributed by atoms with Crippen LogP contribution < -0.4 is 5.32 Å². The molecule has 0 aliphatic rings. The summed E-state index contributed by atoms with van der Waals surface area (Å²) in [5.74, 6) is 1.41. The van der Waals surface area contributed by atoms with Crippen LogP contribution in [0.4, 0.5) is 0 Å². The van der Waals surface area contributed by atoms with E-state index in [1.807, 2.05) is 79.1 Å². The van der Waals surface area contributed by atoms with Crippen molar-refractivity contribution in [3.8, 4) is 17.3 Å². The molecule has 4 aromatic rings. The highest BCUT2D eigenvalue weighted by Crippen LogP contribution is 2.28. The second-order valence-corrected chi connectivity index (χ2v) is 7.95. The fourth-order valence-electron chi connectivity index (χ4n) is 2.94. The number of rotatable bonds is 7. The number of carbonyl (C=O) groups excluding carboxylic acids is 1. The third kappa shape index (κ3) is 4.63. The Morgan fingerprint density at radius 2 is 1.70 bits per heavy atom. The van der Waals surface area contributed by atoms with Crippen molar-refractivity contribution in [2.24, 2.45) is 0 Å². The first-order chi connectivity index (χ1) is 14.6. The molecule has 7 heteroatoms. The molecule has 0 saturated heterocycles. The Kier molecular flexibility index (Phi) is 5.99. The molecule has 4 rings (SSSR count). The lowest BCUT2D eigenvalue weighted by Crippen LogP contribution is -2.24. The van der Waals surface area contributed by atoms with Gasteiger partial charge in [0.05, 0.1) is 12.0 Å². The van der Waals surface area contributed by atoms with Gasteiger partial charge >= 0.3 is 0 Å². The molecule has 2 aromatic heterocycles. The van der Waals surface area contributed by atoms with Crippen LogP contribution in [0.1, 0.15) is 16.7 Å². The number of amides is 1. The van der Waals surface area contributed by atoms with Crippen LogP contribution in [0, 0.1) is 13.8 Å². The van der Waals surface area contributed by atoms with Gasteiger partial charge in [-0.05, 0) is 43.7 Å². The van der Waals surface area contributed by atoms with E-state index in [1.165, 1.54) is 17.3 Å². The normalized spacial score (nSPS) is 10.9. The van der Waals surface area contributed by atoms with Gasteiger partial charge < -0.3 is 9.73 Å². The number of hydrogen-bond donors (Lipinski definition) is 1. The molecule has 0 bridgehead atoms. The van der Waals surface area contributed by atoms with Crippen LogP contribution in [-0.2, 0) is 11.3 Å². The maximum absolute atomic E-state index is 12.4. The lowest BCUT2D eigenvalue weighted by molar-refractivity contribution is -0.118. The van der Waals surface area contributed by atoms with Gasteiger partial charge in [-0.2, -0.15) is 0 Å². The number of furan rings is 1. The van der Waals surface area contributed by atoms with E-state index in [0.717, 1.165) is 16.8 Å². The Bertz CT molecular complexity index is 1120. The second kappa shape index (κ2) is 9.00. The first-order valence-corrected chi connectivity index (χ1v) is 10.6. The highest BCUT2D eigenvalue weighted by molar-refractivity contribution is 7.99. The number of nitrogens with zero attached hydrogens (tertiary/aromatic N) is 3. The maximum atomic E-state index is 12.4. The molecular weight excluding hydrogens is 396 g/mol. The molecule has 152 valence electrons. The summed E-state index contributed by atoms with van der Waals surface area (Å²) in [7, 11) is 0. The van der Waals surface area contributed by atoms with Crippen LogP contribution in [0.2, 0.25) is 0 Å². The third-order valence-electron chi connectivity index (χ3n) is 4.61. The van der Waals surface area contributed by atoms with E-state index >= 15 is 0 Å². The fourth-order valence-corrected chi connectivity index (χ4v) is 3.72. The number of carbonyl (C=O) groups is 1. The van der Waals surface area contributed by atoms with Gasteiger partial charge in [-0.15, -0.1) is 10.2 Å². The van der Waals surface area contributed by atoms with Crippen LogP contribution >= 0.6 is 11.8 Å². The predicted molar refractivity (Wildman–Crippen MR) is 118 cm³/mol. The average Bonchev–Trinajstić information content (AvgIpc) is 3.42.